The number of carboxylic acid groups (broad SMARTS) is 1. The molecule has 1 spiro atoms. The fraction of sp³-hybridized carbons (Fsp3) is 0.706. The number of benzene rings is 1. The van der Waals surface area contributed by atoms with Gasteiger partial charge in [0, 0.05) is 63.4 Å². The van der Waals surface area contributed by atoms with Crippen LogP contribution < -0.4 is 10.6 Å². The molecule has 4 heterocycles. The van der Waals surface area contributed by atoms with E-state index in [1.54, 1.807) is 18.3 Å². The number of likely N-dealkylation sites (tertiary alicyclic amines) is 1. The van der Waals surface area contributed by atoms with Crippen LogP contribution in [0.1, 0.15) is 62.9 Å². The van der Waals surface area contributed by atoms with E-state index in [2.05, 4.69) is 30.6 Å². The standard InChI is InChI=1S/C34H52N6O10/c1-20-12-22(13-23-15-36-38-26(20)23)30(45)35-16-25(43)28(44)29-27(37-21(2)41)24(42)14-34(50-29,31(46)47)7-9-40-10-11-48-18-33(40)6-8-39(17-33)19-49-32(3,4)5/h12-13,15,24-25,27-29,42-44H,6-11,14,16-19H2,1-5H3,(H,35,45)(H,36,38)(H,37,41)(H,46,47)/t24-,25+,27+,28+,29+,33-,34+/m0/s1. The van der Waals surface area contributed by atoms with Gasteiger partial charge in [0.15, 0.2) is 5.60 Å². The molecule has 2 amide bonds. The summed E-state index contributed by atoms with van der Waals surface area (Å²) in [6.07, 6.45) is -4.40. The maximum Gasteiger partial charge on any atom is 0.336 e. The summed E-state index contributed by atoms with van der Waals surface area (Å²) >= 11 is 0. The fourth-order valence-electron chi connectivity index (χ4n) is 7.31. The Morgan fingerprint density at radius 2 is 1.98 bits per heavy atom. The molecule has 3 aliphatic heterocycles. The number of rotatable bonds is 12. The van der Waals surface area contributed by atoms with Gasteiger partial charge >= 0.3 is 5.97 Å². The van der Waals surface area contributed by atoms with Crippen molar-refractivity contribution in [1.82, 2.24) is 30.6 Å². The first kappa shape index (κ1) is 38.0. The molecular formula is C34H52N6O10. The van der Waals surface area contributed by atoms with Gasteiger partial charge in [0.2, 0.25) is 5.91 Å². The van der Waals surface area contributed by atoms with Crippen LogP contribution in [0.3, 0.4) is 0 Å². The van der Waals surface area contributed by atoms with Gasteiger partial charge in [-0.3, -0.25) is 24.5 Å². The lowest BCUT2D eigenvalue weighted by Crippen LogP contribution is -2.68. The molecule has 7 atom stereocenters. The van der Waals surface area contributed by atoms with E-state index in [1.165, 1.54) is 6.92 Å². The number of aliphatic carboxylic acids is 1. The first-order valence-electron chi connectivity index (χ1n) is 17.2. The molecule has 0 aliphatic carbocycles. The van der Waals surface area contributed by atoms with Crippen molar-refractivity contribution in [2.45, 2.75) is 101 Å². The van der Waals surface area contributed by atoms with Gasteiger partial charge in [-0.05, 0) is 51.8 Å². The molecule has 0 bridgehead atoms. The number of hydrogen-bond donors (Lipinski definition) is 7. The number of nitrogens with zero attached hydrogens (tertiary/aromatic N) is 3. The summed E-state index contributed by atoms with van der Waals surface area (Å²) in [4.78, 5) is 42.5. The molecular weight excluding hydrogens is 652 g/mol. The van der Waals surface area contributed by atoms with Crippen molar-refractivity contribution >= 4 is 28.7 Å². The quantitative estimate of drug-likeness (QED) is 0.152. The smallest absolute Gasteiger partial charge is 0.336 e. The van der Waals surface area contributed by atoms with Gasteiger partial charge in [0.1, 0.15) is 12.2 Å². The Kier molecular flexibility index (Phi) is 11.5. The molecule has 3 fully saturated rings. The third-order valence-electron chi connectivity index (χ3n) is 10.1. The van der Waals surface area contributed by atoms with Crippen LogP contribution in [-0.2, 0) is 23.8 Å². The van der Waals surface area contributed by atoms with E-state index in [0.717, 1.165) is 29.4 Å². The second kappa shape index (κ2) is 15.2. The number of morpholine rings is 1. The van der Waals surface area contributed by atoms with Crippen LogP contribution in [0, 0.1) is 6.92 Å². The van der Waals surface area contributed by atoms with Gasteiger partial charge in [-0.2, -0.15) is 5.10 Å². The predicted molar refractivity (Wildman–Crippen MR) is 180 cm³/mol. The van der Waals surface area contributed by atoms with Crippen molar-refractivity contribution in [3.05, 3.63) is 29.5 Å². The van der Waals surface area contributed by atoms with Crippen LogP contribution in [0.5, 0.6) is 0 Å². The highest BCUT2D eigenvalue weighted by Crippen LogP contribution is 2.37. The molecule has 0 saturated carbocycles. The molecule has 1 aromatic heterocycles. The summed E-state index contributed by atoms with van der Waals surface area (Å²) in [5, 5.41) is 57.0. The summed E-state index contributed by atoms with van der Waals surface area (Å²) in [5.74, 6) is -2.39. The number of carboxylic acids is 1. The Morgan fingerprint density at radius 3 is 2.68 bits per heavy atom. The van der Waals surface area contributed by atoms with E-state index in [-0.39, 0.29) is 24.0 Å². The highest BCUT2D eigenvalue weighted by molar-refractivity contribution is 5.98. The summed E-state index contributed by atoms with van der Waals surface area (Å²) in [6, 6.07) is 2.07. The molecule has 5 rings (SSSR count). The summed E-state index contributed by atoms with van der Waals surface area (Å²) in [6.45, 7) is 12.3. The van der Waals surface area contributed by atoms with Crippen molar-refractivity contribution in [3.8, 4) is 0 Å². The highest BCUT2D eigenvalue weighted by atomic mass is 16.6. The van der Waals surface area contributed by atoms with E-state index >= 15 is 0 Å². The van der Waals surface area contributed by atoms with E-state index in [4.69, 9.17) is 14.2 Å². The average Bonchev–Trinajstić information content (AvgIpc) is 3.70. The number of aromatic amines is 1. The molecule has 16 heteroatoms. The summed E-state index contributed by atoms with van der Waals surface area (Å²) in [5.41, 5.74) is -0.712. The molecule has 0 unspecified atom stereocenters. The molecule has 278 valence electrons. The maximum atomic E-state index is 13.0. The Hall–Kier alpha value is -3.22. The predicted octanol–water partition coefficient (Wildman–Crippen LogP) is -0.260. The van der Waals surface area contributed by atoms with Crippen molar-refractivity contribution in [1.29, 1.82) is 0 Å². The number of amides is 2. The second-order valence-corrected chi connectivity index (χ2v) is 15.0. The zero-order chi connectivity index (χ0) is 36.4. The third-order valence-corrected chi connectivity index (χ3v) is 10.1. The van der Waals surface area contributed by atoms with E-state index < -0.39 is 60.4 Å². The Balaban J connectivity index is 1.29. The average molecular weight is 705 g/mol. The third kappa shape index (κ3) is 8.45. The summed E-state index contributed by atoms with van der Waals surface area (Å²) < 4.78 is 18.1. The van der Waals surface area contributed by atoms with E-state index in [9.17, 15) is 34.8 Å². The molecule has 16 nitrogen and oxygen atoms in total. The van der Waals surface area contributed by atoms with Gasteiger partial charge < -0.3 is 45.3 Å². The van der Waals surface area contributed by atoms with Crippen molar-refractivity contribution in [2.24, 2.45) is 0 Å². The number of nitrogens with one attached hydrogen (secondary N) is 3. The number of aryl methyl sites for hydroxylation is 1. The van der Waals surface area contributed by atoms with Gasteiger partial charge in [0.25, 0.3) is 5.91 Å². The monoisotopic (exact) mass is 704 g/mol. The topological polar surface area (TPSA) is 219 Å². The van der Waals surface area contributed by atoms with Crippen LogP contribution >= 0.6 is 0 Å². The van der Waals surface area contributed by atoms with Crippen molar-refractivity contribution < 1.29 is 49.0 Å². The van der Waals surface area contributed by atoms with Gasteiger partial charge in [-0.25, -0.2) is 4.79 Å². The van der Waals surface area contributed by atoms with Crippen LogP contribution in [0.25, 0.3) is 10.9 Å². The van der Waals surface area contributed by atoms with Crippen LogP contribution in [0.2, 0.25) is 0 Å². The molecule has 0 radical (unpaired) electrons. The number of aliphatic hydroxyl groups excluding tert-OH is 3. The van der Waals surface area contributed by atoms with Crippen molar-refractivity contribution in [3.63, 3.8) is 0 Å². The van der Waals surface area contributed by atoms with E-state index in [1.807, 2.05) is 27.7 Å². The zero-order valence-electron chi connectivity index (χ0n) is 29.5. The van der Waals surface area contributed by atoms with Gasteiger partial charge in [-0.15, -0.1) is 0 Å². The van der Waals surface area contributed by atoms with Gasteiger partial charge in [0.05, 0.1) is 61.0 Å². The molecule has 2 aromatic rings. The van der Waals surface area contributed by atoms with Gasteiger partial charge in [-0.1, -0.05) is 0 Å². The molecule has 3 saturated heterocycles. The first-order valence-corrected chi connectivity index (χ1v) is 17.2. The van der Waals surface area contributed by atoms with Crippen LogP contribution in [0.4, 0.5) is 0 Å². The fourth-order valence-corrected chi connectivity index (χ4v) is 7.31. The molecule has 50 heavy (non-hydrogen) atoms. The molecule has 7 N–H and O–H groups in total. The number of H-pyrrole nitrogens is 1. The highest BCUT2D eigenvalue weighted by Gasteiger charge is 2.55. The SMILES string of the molecule is CC(=O)N[C@H]1[C@H]([C@H](O)[C@H](O)CNC(=O)c2cc(C)c3[nH]ncc3c2)O[C@@](CCN2CCOC[C@@]23CCN(COC(C)(C)C)C3)(C(=O)O)C[C@@H]1O. The van der Waals surface area contributed by atoms with Crippen LogP contribution in [-0.4, -0.2) is 158 Å². The Morgan fingerprint density at radius 1 is 1.22 bits per heavy atom. The number of ether oxygens (including phenoxy) is 3. The lowest BCUT2D eigenvalue weighted by molar-refractivity contribution is -0.231. The number of fused-ring (bicyclic) bond motifs is 1. The minimum atomic E-state index is -1.95. The number of carbonyl (C=O) groups excluding carboxylic acids is 2. The lowest BCUT2D eigenvalue weighted by Gasteiger charge is -2.49. The van der Waals surface area contributed by atoms with E-state index in [0.29, 0.717) is 45.1 Å². The number of carbonyl (C=O) groups is 3. The Bertz CT molecular complexity index is 1530. The largest absolute Gasteiger partial charge is 0.479 e. The number of aromatic nitrogens is 2. The number of aliphatic hydroxyl groups is 3. The normalized spacial score (nSPS) is 29.2. The lowest BCUT2D eigenvalue weighted by atomic mass is 9.81. The molecule has 3 aliphatic rings. The van der Waals surface area contributed by atoms with Crippen molar-refractivity contribution in [2.75, 3.05) is 52.7 Å². The summed E-state index contributed by atoms with van der Waals surface area (Å²) in [7, 11) is 0. The minimum Gasteiger partial charge on any atom is -0.479 e. The van der Waals surface area contributed by atoms with Crippen LogP contribution in [0.15, 0.2) is 18.3 Å². The number of hydrogen-bond acceptors (Lipinski definition) is 12. The maximum absolute atomic E-state index is 13.0. The second-order valence-electron chi connectivity index (χ2n) is 15.0. The minimum absolute atomic E-state index is 0.0433. The zero-order valence-corrected chi connectivity index (χ0v) is 29.5. The molecule has 1 aromatic carbocycles. The first-order chi connectivity index (χ1) is 23.5. The Labute approximate surface area is 291 Å².